The van der Waals surface area contributed by atoms with Gasteiger partial charge in [-0.2, -0.15) is 0 Å². The van der Waals surface area contributed by atoms with Gasteiger partial charge in [0.15, 0.2) is 0 Å². The van der Waals surface area contributed by atoms with E-state index in [9.17, 15) is 0 Å². The van der Waals surface area contributed by atoms with Crippen LogP contribution in [-0.2, 0) is 10.8 Å². The molecule has 0 spiro atoms. The Labute approximate surface area is 193 Å². The Morgan fingerprint density at radius 3 is 1.61 bits per heavy atom. The van der Waals surface area contributed by atoms with E-state index in [1.54, 1.807) is 0 Å². The van der Waals surface area contributed by atoms with Crippen molar-refractivity contribution < 1.29 is 0 Å². The highest BCUT2D eigenvalue weighted by Crippen LogP contribution is 2.47. The summed E-state index contributed by atoms with van der Waals surface area (Å²) in [7, 11) is 0. The second-order valence-electron chi connectivity index (χ2n) is 10.8. The first-order valence-corrected chi connectivity index (χ1v) is 11.9. The van der Waals surface area contributed by atoms with Crippen LogP contribution in [-0.4, -0.2) is 0 Å². The fourth-order valence-corrected chi connectivity index (χ4v) is 5.61. The molecule has 0 saturated heterocycles. The molecule has 0 unspecified atom stereocenters. The zero-order valence-corrected chi connectivity index (χ0v) is 20.8. The maximum Gasteiger partial charge on any atom is 0.0257 e. The summed E-state index contributed by atoms with van der Waals surface area (Å²) in [6.07, 6.45) is 0. The Kier molecular flexibility index (Phi) is 4.51. The van der Waals surface area contributed by atoms with Crippen molar-refractivity contribution in [3.8, 4) is 11.1 Å². The van der Waals surface area contributed by atoms with E-state index in [1.165, 1.54) is 59.0 Å². The van der Waals surface area contributed by atoms with Crippen LogP contribution in [0.25, 0.3) is 43.4 Å². The smallest absolute Gasteiger partial charge is 0.0257 e. The minimum atomic E-state index is 0.0515. The van der Waals surface area contributed by atoms with Gasteiger partial charge >= 0.3 is 0 Å². The van der Waals surface area contributed by atoms with Gasteiger partial charge in [0.25, 0.3) is 0 Å². The van der Waals surface area contributed by atoms with E-state index in [0.29, 0.717) is 0 Å². The number of hydrogen-bond donors (Lipinski definition) is 0. The molecule has 1 heteroatoms. The zero-order valence-electron chi connectivity index (χ0n) is 19.2. The van der Waals surface area contributed by atoms with Crippen LogP contribution in [0, 0.1) is 0 Å². The van der Waals surface area contributed by atoms with Crippen molar-refractivity contribution in [2.45, 2.75) is 52.4 Å². The number of rotatable bonds is 1. The van der Waals surface area contributed by atoms with Gasteiger partial charge in [-0.25, -0.2) is 0 Å². The van der Waals surface area contributed by atoms with Crippen molar-refractivity contribution in [3.05, 3.63) is 82.3 Å². The molecule has 0 aliphatic heterocycles. The molecule has 0 nitrogen and oxygen atoms in total. The first-order chi connectivity index (χ1) is 14.6. The van der Waals surface area contributed by atoms with Crippen molar-refractivity contribution in [1.82, 2.24) is 0 Å². The summed E-state index contributed by atoms with van der Waals surface area (Å²) < 4.78 is 1.18. The van der Waals surface area contributed by atoms with Crippen LogP contribution in [0.5, 0.6) is 0 Å². The van der Waals surface area contributed by atoms with Crippen molar-refractivity contribution in [2.24, 2.45) is 0 Å². The number of hydrogen-bond acceptors (Lipinski definition) is 0. The van der Waals surface area contributed by atoms with Crippen molar-refractivity contribution in [1.29, 1.82) is 0 Å². The van der Waals surface area contributed by atoms with Crippen molar-refractivity contribution in [3.63, 3.8) is 0 Å². The molecule has 31 heavy (non-hydrogen) atoms. The first-order valence-electron chi connectivity index (χ1n) is 11.1. The van der Waals surface area contributed by atoms with Crippen LogP contribution < -0.4 is 0 Å². The molecule has 5 aromatic rings. The Balaban J connectivity index is 2.07. The summed E-state index contributed by atoms with van der Waals surface area (Å²) in [6, 6.07) is 24.9. The molecule has 0 aliphatic rings. The molecule has 0 radical (unpaired) electrons. The van der Waals surface area contributed by atoms with Gasteiger partial charge in [-0.3, -0.25) is 0 Å². The summed E-state index contributed by atoms with van der Waals surface area (Å²) in [5.41, 5.74) is 5.52. The Morgan fingerprint density at radius 1 is 0.548 bits per heavy atom. The van der Waals surface area contributed by atoms with Crippen molar-refractivity contribution >= 4 is 48.2 Å². The van der Waals surface area contributed by atoms with E-state index >= 15 is 0 Å². The summed E-state index contributed by atoms with van der Waals surface area (Å²) in [4.78, 5) is 0. The third-order valence-corrected chi connectivity index (χ3v) is 7.21. The molecule has 0 aliphatic carbocycles. The minimum Gasteiger partial charge on any atom is -0.0622 e. The Hall–Kier alpha value is -2.38. The molecule has 0 bridgehead atoms. The average molecular weight is 469 g/mol. The van der Waals surface area contributed by atoms with Gasteiger partial charge in [0, 0.05) is 4.47 Å². The molecular formula is C30H29Br. The summed E-state index contributed by atoms with van der Waals surface area (Å²) in [6.45, 7) is 13.9. The van der Waals surface area contributed by atoms with Crippen LogP contribution >= 0.6 is 15.9 Å². The highest BCUT2D eigenvalue weighted by atomic mass is 79.9. The van der Waals surface area contributed by atoms with Crippen LogP contribution in [0.1, 0.15) is 52.7 Å². The first kappa shape index (κ1) is 20.5. The third-order valence-electron chi connectivity index (χ3n) is 6.55. The zero-order chi connectivity index (χ0) is 22.1. The quantitative estimate of drug-likeness (QED) is 0.214. The van der Waals surface area contributed by atoms with Crippen molar-refractivity contribution in [2.75, 3.05) is 0 Å². The van der Waals surface area contributed by atoms with Gasteiger partial charge in [-0.15, -0.1) is 0 Å². The molecule has 5 rings (SSSR count). The molecule has 156 valence electrons. The number of halogens is 1. The largest absolute Gasteiger partial charge is 0.0622 e. The molecule has 5 aromatic carbocycles. The minimum absolute atomic E-state index is 0.0515. The van der Waals surface area contributed by atoms with E-state index in [1.807, 2.05) is 0 Å². The lowest BCUT2D eigenvalue weighted by atomic mass is 9.77. The van der Waals surface area contributed by atoms with E-state index in [2.05, 4.69) is 124 Å². The SMILES string of the molecule is CC(C)(C)c1cc(Br)c2ccc3c(C(C)(C)C)cc(-c4ccccc4)c4ccc1c2c43. The molecule has 0 atom stereocenters. The molecular weight excluding hydrogens is 440 g/mol. The fourth-order valence-electron chi connectivity index (χ4n) is 5.05. The monoisotopic (exact) mass is 468 g/mol. The van der Waals surface area contributed by atoms with Gasteiger partial charge < -0.3 is 0 Å². The van der Waals surface area contributed by atoms with Gasteiger partial charge in [0.05, 0.1) is 0 Å². The van der Waals surface area contributed by atoms with E-state index < -0.39 is 0 Å². The third kappa shape index (κ3) is 3.17. The lowest BCUT2D eigenvalue weighted by Crippen LogP contribution is -2.13. The lowest BCUT2D eigenvalue weighted by molar-refractivity contribution is 0.595. The Bertz CT molecular complexity index is 1430. The van der Waals surface area contributed by atoms with Crippen LogP contribution in [0.4, 0.5) is 0 Å². The normalized spacial score (nSPS) is 13.0. The standard InChI is InChI=1S/C30H29Br/c1-29(2,3)24-16-23(18-10-8-7-9-11-18)19-12-13-21-25(30(4,5)6)17-26(31)22-15-14-20(24)27(19)28(21)22/h7-17H,1-6H3. The molecule has 0 N–H and O–H groups in total. The fraction of sp³-hybridized carbons (Fsp3) is 0.267. The van der Waals surface area contributed by atoms with Crippen LogP contribution in [0.3, 0.4) is 0 Å². The highest BCUT2D eigenvalue weighted by molar-refractivity contribution is 9.10. The second-order valence-corrected chi connectivity index (χ2v) is 11.7. The second kappa shape index (κ2) is 6.81. The molecule has 0 amide bonds. The average Bonchev–Trinajstić information content (AvgIpc) is 2.71. The van der Waals surface area contributed by atoms with Crippen LogP contribution in [0.2, 0.25) is 0 Å². The van der Waals surface area contributed by atoms with Gasteiger partial charge in [-0.05, 0) is 77.5 Å². The predicted molar refractivity (Wildman–Crippen MR) is 141 cm³/mol. The van der Waals surface area contributed by atoms with Gasteiger partial charge in [0.1, 0.15) is 0 Å². The molecule has 0 heterocycles. The maximum absolute atomic E-state index is 3.91. The maximum atomic E-state index is 3.91. The molecule has 0 aromatic heterocycles. The number of benzene rings is 5. The Morgan fingerprint density at radius 2 is 1.03 bits per heavy atom. The summed E-state index contributed by atoms with van der Waals surface area (Å²) >= 11 is 3.91. The lowest BCUT2D eigenvalue weighted by Gasteiger charge is -2.27. The molecule has 0 saturated carbocycles. The van der Waals surface area contributed by atoms with E-state index in [4.69, 9.17) is 0 Å². The molecule has 0 fully saturated rings. The van der Waals surface area contributed by atoms with E-state index in [-0.39, 0.29) is 10.8 Å². The highest BCUT2D eigenvalue weighted by Gasteiger charge is 2.25. The summed E-state index contributed by atoms with van der Waals surface area (Å²) in [5.74, 6) is 0. The summed E-state index contributed by atoms with van der Waals surface area (Å²) in [5, 5.41) is 8.16. The van der Waals surface area contributed by atoms with Gasteiger partial charge in [-0.1, -0.05) is 112 Å². The topological polar surface area (TPSA) is 0 Å². The van der Waals surface area contributed by atoms with Crippen LogP contribution in [0.15, 0.2) is 71.2 Å². The van der Waals surface area contributed by atoms with E-state index in [0.717, 1.165) is 0 Å². The predicted octanol–water partition coefficient (Wildman–Crippen LogP) is 9.61. The van der Waals surface area contributed by atoms with Gasteiger partial charge in [0.2, 0.25) is 0 Å².